The smallest absolute Gasteiger partial charge is 0.465 e. The van der Waals surface area contributed by atoms with E-state index >= 15 is 0 Å². The lowest BCUT2D eigenvalue weighted by atomic mass is 10.2. The lowest BCUT2D eigenvalue weighted by Crippen LogP contribution is -2.29. The number of hydrogen-bond donors (Lipinski definition) is 2. The van der Waals surface area contributed by atoms with E-state index in [2.05, 4.69) is 24.0 Å². The van der Waals surface area contributed by atoms with Gasteiger partial charge in [0, 0.05) is 12.8 Å². The van der Waals surface area contributed by atoms with E-state index in [9.17, 15) is 24.0 Å². The minimum atomic E-state index is -1.29. The fraction of sp³-hybridized carbons (Fsp3) is 0.750. The normalized spacial score (nSPS) is 15.7. The minimum Gasteiger partial charge on any atom is -0.465 e. The molecule has 1 aliphatic rings. The molecule has 2 N–H and O–H groups in total. The highest BCUT2D eigenvalue weighted by Gasteiger charge is 2.22. The lowest BCUT2D eigenvalue weighted by molar-refractivity contribution is -0.218. The molecule has 1 fully saturated rings. The average molecular weight is 496 g/mol. The van der Waals surface area contributed by atoms with Gasteiger partial charge in [-0.1, -0.05) is 0 Å². The van der Waals surface area contributed by atoms with E-state index in [1.807, 2.05) is 6.92 Å². The van der Waals surface area contributed by atoms with Crippen LogP contribution < -0.4 is 0 Å². The van der Waals surface area contributed by atoms with Crippen molar-refractivity contribution in [3.8, 4) is 0 Å². The molecule has 34 heavy (non-hydrogen) atoms. The zero-order valence-electron chi connectivity index (χ0n) is 19.4. The largest absolute Gasteiger partial charge is 0.549 e. The molecular weight excluding hydrogens is 464 g/mol. The highest BCUT2D eigenvalue weighted by molar-refractivity contribution is 5.74. The molecule has 0 aromatic rings. The van der Waals surface area contributed by atoms with Gasteiger partial charge in [-0.15, -0.1) is 0 Å². The molecule has 0 bridgehead atoms. The van der Waals surface area contributed by atoms with Gasteiger partial charge in [0.05, 0.1) is 57.9 Å². The molecule has 1 heterocycles. The van der Waals surface area contributed by atoms with E-state index in [1.54, 1.807) is 0 Å². The molecule has 0 spiro atoms. The number of cyclic esters (lactones) is 1. The number of hydrogen-bond acceptors (Lipinski definition) is 14. The van der Waals surface area contributed by atoms with Gasteiger partial charge in [-0.25, -0.2) is 0 Å². The highest BCUT2D eigenvalue weighted by atomic mass is 17.3. The van der Waals surface area contributed by atoms with Crippen molar-refractivity contribution in [3.63, 3.8) is 0 Å². The summed E-state index contributed by atoms with van der Waals surface area (Å²) in [6.07, 6.45) is -3.30. The van der Waals surface area contributed by atoms with E-state index in [1.165, 1.54) is 13.8 Å². The van der Waals surface area contributed by atoms with Crippen molar-refractivity contribution in [3.05, 3.63) is 0 Å². The molecule has 14 heteroatoms. The summed E-state index contributed by atoms with van der Waals surface area (Å²) in [5.41, 5.74) is 0. The quantitative estimate of drug-likeness (QED) is 0.127. The van der Waals surface area contributed by atoms with E-state index in [-0.39, 0.29) is 64.2 Å². The Bertz CT molecular complexity index is 593. The summed E-state index contributed by atoms with van der Waals surface area (Å²) in [5.74, 6) is -1.23. The third kappa shape index (κ3) is 19.5. The van der Waals surface area contributed by atoms with Crippen LogP contribution in [0.15, 0.2) is 0 Å². The third-order valence-corrected chi connectivity index (χ3v) is 3.43. The SMILES string of the molecule is CC(O)CC(=O)OCCCOC(=O)OOC(=O)OCCCOC(=O)CC(C)O.CC1CC(=O)O1. The first-order chi connectivity index (χ1) is 16.0. The van der Waals surface area contributed by atoms with Crippen molar-refractivity contribution in [2.75, 3.05) is 26.4 Å². The Hall–Kier alpha value is -3.13. The molecule has 0 amide bonds. The van der Waals surface area contributed by atoms with Gasteiger partial charge < -0.3 is 33.9 Å². The minimum absolute atomic E-state index is 0.0243. The van der Waals surface area contributed by atoms with Crippen LogP contribution >= 0.6 is 0 Å². The maximum Gasteiger partial charge on any atom is 0.549 e. The first-order valence-corrected chi connectivity index (χ1v) is 10.5. The molecule has 0 aromatic carbocycles. The van der Waals surface area contributed by atoms with Crippen molar-refractivity contribution in [1.29, 1.82) is 0 Å². The van der Waals surface area contributed by atoms with Crippen molar-refractivity contribution in [2.45, 2.75) is 71.2 Å². The summed E-state index contributed by atoms with van der Waals surface area (Å²) in [6, 6.07) is 0. The zero-order valence-corrected chi connectivity index (χ0v) is 19.4. The van der Waals surface area contributed by atoms with E-state index in [0.29, 0.717) is 6.42 Å². The Morgan fingerprint density at radius 1 is 0.824 bits per heavy atom. The molecule has 0 saturated carbocycles. The Labute approximate surface area is 196 Å². The second-order valence-corrected chi connectivity index (χ2v) is 7.12. The van der Waals surface area contributed by atoms with Gasteiger partial charge in [-0.05, 0) is 20.8 Å². The van der Waals surface area contributed by atoms with E-state index in [0.717, 1.165) is 0 Å². The van der Waals surface area contributed by atoms with Crippen molar-refractivity contribution in [2.24, 2.45) is 0 Å². The zero-order chi connectivity index (χ0) is 25.9. The second-order valence-electron chi connectivity index (χ2n) is 7.12. The first kappa shape index (κ1) is 30.9. The maximum absolute atomic E-state index is 11.1. The first-order valence-electron chi connectivity index (χ1n) is 10.5. The average Bonchev–Trinajstić information content (AvgIpc) is 2.70. The third-order valence-electron chi connectivity index (χ3n) is 3.43. The van der Waals surface area contributed by atoms with Crippen LogP contribution in [-0.2, 0) is 47.8 Å². The van der Waals surface area contributed by atoms with Crippen LogP contribution in [-0.4, -0.2) is 85.2 Å². The fourth-order valence-electron chi connectivity index (χ4n) is 1.97. The van der Waals surface area contributed by atoms with Crippen LogP contribution in [0.4, 0.5) is 9.59 Å². The number of carbonyl (C=O) groups excluding carboxylic acids is 5. The summed E-state index contributed by atoms with van der Waals surface area (Å²) < 4.78 is 23.1. The molecule has 3 atom stereocenters. The Morgan fingerprint density at radius 3 is 1.44 bits per heavy atom. The van der Waals surface area contributed by atoms with Gasteiger partial charge in [0.1, 0.15) is 6.10 Å². The molecule has 1 aliphatic heterocycles. The number of rotatable bonds is 12. The molecule has 0 aliphatic carbocycles. The Balaban J connectivity index is 0.00000156. The molecule has 1 saturated heterocycles. The molecular formula is C20H32O14. The van der Waals surface area contributed by atoms with E-state index in [4.69, 9.17) is 19.7 Å². The molecule has 0 radical (unpaired) electrons. The van der Waals surface area contributed by atoms with E-state index < -0.39 is 36.5 Å². The summed E-state index contributed by atoms with van der Waals surface area (Å²) in [7, 11) is 0. The number of esters is 3. The van der Waals surface area contributed by atoms with Crippen LogP contribution in [0.5, 0.6) is 0 Å². The molecule has 0 aromatic heterocycles. The predicted molar refractivity (Wildman–Crippen MR) is 109 cm³/mol. The lowest BCUT2D eigenvalue weighted by Gasteiger charge is -2.20. The Kier molecular flexibility index (Phi) is 16.6. The van der Waals surface area contributed by atoms with Crippen molar-refractivity contribution in [1.82, 2.24) is 0 Å². The van der Waals surface area contributed by atoms with Gasteiger partial charge in [0.2, 0.25) is 0 Å². The van der Waals surface area contributed by atoms with Gasteiger partial charge >= 0.3 is 30.2 Å². The Morgan fingerprint density at radius 2 is 1.18 bits per heavy atom. The number of aliphatic hydroxyl groups excluding tert-OH is 2. The molecule has 3 unspecified atom stereocenters. The fourth-order valence-corrected chi connectivity index (χ4v) is 1.97. The standard InChI is InChI=1S/C16H26O12.C4H6O2/c1-11(17)9-13(19)23-5-3-7-25-15(21)27-28-16(22)26-8-4-6-24-14(20)10-12(2)18;1-3-2-4(5)6-3/h11-12,17-18H,3-10H2,1-2H3;3H,2H2,1H3. The molecule has 1 rings (SSSR count). The maximum atomic E-state index is 11.1. The van der Waals surface area contributed by atoms with Crippen LogP contribution in [0.1, 0.15) is 52.9 Å². The van der Waals surface area contributed by atoms with Crippen molar-refractivity contribution < 1.29 is 67.6 Å². The number of carbonyl (C=O) groups is 5. The summed E-state index contributed by atoms with van der Waals surface area (Å²) in [6.45, 7) is 4.40. The monoisotopic (exact) mass is 496 g/mol. The number of aliphatic hydroxyl groups is 2. The molecule has 196 valence electrons. The summed E-state index contributed by atoms with van der Waals surface area (Å²) >= 11 is 0. The summed E-state index contributed by atoms with van der Waals surface area (Å²) in [4.78, 5) is 62.4. The molecule has 14 nitrogen and oxygen atoms in total. The second kappa shape index (κ2) is 18.3. The summed E-state index contributed by atoms with van der Waals surface area (Å²) in [5, 5.41) is 17.9. The predicted octanol–water partition coefficient (Wildman–Crippen LogP) is 0.938. The van der Waals surface area contributed by atoms with Crippen LogP contribution in [0, 0.1) is 0 Å². The van der Waals surface area contributed by atoms with Crippen LogP contribution in [0.25, 0.3) is 0 Å². The van der Waals surface area contributed by atoms with Gasteiger partial charge in [0.25, 0.3) is 0 Å². The van der Waals surface area contributed by atoms with Gasteiger partial charge in [-0.3, -0.25) is 14.4 Å². The topological polar surface area (TPSA) is 190 Å². The number of ether oxygens (including phenoxy) is 5. The van der Waals surface area contributed by atoms with Gasteiger partial charge in [0.15, 0.2) is 0 Å². The van der Waals surface area contributed by atoms with Crippen molar-refractivity contribution >= 4 is 30.2 Å². The van der Waals surface area contributed by atoms with Gasteiger partial charge in [-0.2, -0.15) is 19.4 Å². The van der Waals surface area contributed by atoms with Crippen LogP contribution in [0.2, 0.25) is 0 Å². The highest BCUT2D eigenvalue weighted by Crippen LogP contribution is 2.10. The van der Waals surface area contributed by atoms with Crippen LogP contribution in [0.3, 0.4) is 0 Å².